The third kappa shape index (κ3) is 4.33. The number of ether oxygens (including phenoxy) is 1. The summed E-state index contributed by atoms with van der Waals surface area (Å²) < 4.78 is 5.20. The predicted octanol–water partition coefficient (Wildman–Crippen LogP) is -0.619. The molecule has 0 aromatic carbocycles. The molecule has 0 spiro atoms. The highest BCUT2D eigenvalue weighted by atomic mass is 35.5. The summed E-state index contributed by atoms with van der Waals surface area (Å²) in [7, 11) is 0. The van der Waals surface area contributed by atoms with E-state index in [1.807, 2.05) is 0 Å². The van der Waals surface area contributed by atoms with Gasteiger partial charge in [0.25, 0.3) is 0 Å². The largest absolute Gasteiger partial charge is 0.378 e. The van der Waals surface area contributed by atoms with Gasteiger partial charge in [-0.3, -0.25) is 9.59 Å². The van der Waals surface area contributed by atoms with Gasteiger partial charge in [-0.1, -0.05) is 0 Å². The molecule has 2 fully saturated rings. The summed E-state index contributed by atoms with van der Waals surface area (Å²) in [4.78, 5) is 25.7. The van der Waals surface area contributed by atoms with E-state index >= 15 is 0 Å². The second kappa shape index (κ2) is 7.67. The number of carbonyl (C=O) groups excluding carboxylic acids is 2. The monoisotopic (exact) mass is 291 g/mol. The van der Waals surface area contributed by atoms with Gasteiger partial charge in [-0.25, -0.2) is 0 Å². The van der Waals surface area contributed by atoms with Crippen LogP contribution in [0.5, 0.6) is 0 Å². The van der Waals surface area contributed by atoms with Crippen LogP contribution in [0.1, 0.15) is 13.3 Å². The molecule has 2 aliphatic heterocycles. The minimum absolute atomic E-state index is 0. The fourth-order valence-corrected chi connectivity index (χ4v) is 2.33. The first-order valence-corrected chi connectivity index (χ1v) is 6.56. The second-order valence-electron chi connectivity index (χ2n) is 4.86. The van der Waals surface area contributed by atoms with Crippen LogP contribution in [0.3, 0.4) is 0 Å². The van der Waals surface area contributed by atoms with Crippen molar-refractivity contribution in [3.8, 4) is 0 Å². The lowest BCUT2D eigenvalue weighted by Gasteiger charge is -2.29. The topological polar surface area (TPSA) is 70.7 Å². The molecule has 110 valence electrons. The summed E-state index contributed by atoms with van der Waals surface area (Å²) >= 11 is 0. The van der Waals surface area contributed by atoms with Crippen LogP contribution in [0.4, 0.5) is 0 Å². The summed E-state index contributed by atoms with van der Waals surface area (Å²) in [6.07, 6.45) is 0.851. The van der Waals surface area contributed by atoms with Crippen molar-refractivity contribution >= 4 is 24.2 Å². The Morgan fingerprint density at radius 3 is 2.63 bits per heavy atom. The third-order valence-electron chi connectivity index (χ3n) is 3.48. The van der Waals surface area contributed by atoms with Crippen LogP contribution in [-0.4, -0.2) is 62.1 Å². The summed E-state index contributed by atoms with van der Waals surface area (Å²) in [6.45, 7) is 5.73. The first-order chi connectivity index (χ1) is 8.68. The fourth-order valence-electron chi connectivity index (χ4n) is 2.33. The predicted molar refractivity (Wildman–Crippen MR) is 73.2 cm³/mol. The second-order valence-corrected chi connectivity index (χ2v) is 4.86. The lowest BCUT2D eigenvalue weighted by molar-refractivity contribution is -0.140. The first-order valence-electron chi connectivity index (χ1n) is 6.56. The molecule has 2 aliphatic rings. The maximum Gasteiger partial charge on any atom is 0.245 e. The van der Waals surface area contributed by atoms with Crippen LogP contribution < -0.4 is 10.6 Å². The smallest absolute Gasteiger partial charge is 0.245 e. The van der Waals surface area contributed by atoms with Crippen LogP contribution >= 0.6 is 12.4 Å². The Bertz CT molecular complexity index is 315. The quantitative estimate of drug-likeness (QED) is 0.727. The maximum atomic E-state index is 12.1. The Hall–Kier alpha value is -0.850. The van der Waals surface area contributed by atoms with Gasteiger partial charge in [0.05, 0.1) is 19.1 Å². The van der Waals surface area contributed by atoms with Crippen LogP contribution in [0, 0.1) is 5.92 Å². The normalized spacial score (nSPS) is 24.5. The van der Waals surface area contributed by atoms with Crippen LogP contribution in [-0.2, 0) is 14.3 Å². The van der Waals surface area contributed by atoms with E-state index < -0.39 is 6.04 Å². The summed E-state index contributed by atoms with van der Waals surface area (Å²) in [5.41, 5.74) is 0. The van der Waals surface area contributed by atoms with Gasteiger partial charge in [-0.2, -0.15) is 0 Å². The van der Waals surface area contributed by atoms with Gasteiger partial charge in [0.1, 0.15) is 6.04 Å². The number of rotatable bonds is 3. The van der Waals surface area contributed by atoms with Gasteiger partial charge in [-0.05, 0) is 19.9 Å². The molecule has 2 rings (SSSR count). The summed E-state index contributed by atoms with van der Waals surface area (Å²) in [5, 5.41) is 5.95. The molecule has 0 aromatic rings. The molecule has 2 heterocycles. The summed E-state index contributed by atoms with van der Waals surface area (Å²) in [6, 6.07) is -0.448. The molecular weight excluding hydrogens is 270 g/mol. The van der Waals surface area contributed by atoms with Crippen molar-refractivity contribution in [2.24, 2.45) is 5.92 Å². The fraction of sp³-hybridized carbons (Fsp3) is 0.833. The number of morpholine rings is 1. The minimum Gasteiger partial charge on any atom is -0.378 e. The van der Waals surface area contributed by atoms with Crippen molar-refractivity contribution in [2.45, 2.75) is 19.4 Å². The molecule has 7 heteroatoms. The highest BCUT2D eigenvalue weighted by Crippen LogP contribution is 2.08. The van der Waals surface area contributed by atoms with Crippen LogP contribution in [0.2, 0.25) is 0 Å². The van der Waals surface area contributed by atoms with Crippen molar-refractivity contribution < 1.29 is 14.3 Å². The van der Waals surface area contributed by atoms with Gasteiger partial charge < -0.3 is 20.3 Å². The van der Waals surface area contributed by atoms with E-state index in [2.05, 4.69) is 10.6 Å². The molecule has 0 aliphatic carbocycles. The zero-order valence-electron chi connectivity index (χ0n) is 11.2. The lowest BCUT2D eigenvalue weighted by Crippen LogP contribution is -2.51. The molecule has 19 heavy (non-hydrogen) atoms. The Morgan fingerprint density at radius 1 is 1.37 bits per heavy atom. The van der Waals surface area contributed by atoms with Gasteiger partial charge in [-0.15, -0.1) is 12.4 Å². The van der Waals surface area contributed by atoms with Crippen molar-refractivity contribution in [3.63, 3.8) is 0 Å². The molecule has 6 nitrogen and oxygen atoms in total. The Balaban J connectivity index is 0.00000180. The number of hydrogen-bond donors (Lipinski definition) is 2. The molecule has 0 aromatic heterocycles. The third-order valence-corrected chi connectivity index (χ3v) is 3.48. The number of halogens is 1. The van der Waals surface area contributed by atoms with E-state index in [0.29, 0.717) is 32.8 Å². The highest BCUT2D eigenvalue weighted by molar-refractivity contribution is 5.88. The van der Waals surface area contributed by atoms with E-state index in [9.17, 15) is 9.59 Å². The van der Waals surface area contributed by atoms with E-state index in [1.54, 1.807) is 11.8 Å². The lowest BCUT2D eigenvalue weighted by atomic mass is 10.1. The average Bonchev–Trinajstić information content (AvgIpc) is 2.92. The average molecular weight is 292 g/mol. The van der Waals surface area contributed by atoms with Crippen LogP contribution in [0.15, 0.2) is 0 Å². The number of nitrogens with zero attached hydrogens (tertiary/aromatic N) is 1. The summed E-state index contributed by atoms with van der Waals surface area (Å²) in [5.74, 6) is -0.0309. The maximum absolute atomic E-state index is 12.1. The molecule has 0 saturated carbocycles. The van der Waals surface area contributed by atoms with Gasteiger partial charge in [0.15, 0.2) is 0 Å². The van der Waals surface area contributed by atoms with Gasteiger partial charge in [0.2, 0.25) is 11.8 Å². The Labute approximate surface area is 119 Å². The van der Waals surface area contributed by atoms with Crippen molar-refractivity contribution in [2.75, 3.05) is 39.4 Å². The Morgan fingerprint density at radius 2 is 2.05 bits per heavy atom. The zero-order chi connectivity index (χ0) is 13.0. The molecule has 2 atom stereocenters. The zero-order valence-corrected chi connectivity index (χ0v) is 12.0. The van der Waals surface area contributed by atoms with E-state index in [0.717, 1.165) is 13.0 Å². The van der Waals surface area contributed by atoms with Crippen molar-refractivity contribution in [3.05, 3.63) is 0 Å². The minimum atomic E-state index is -0.448. The molecular formula is C12H22ClN3O3. The van der Waals surface area contributed by atoms with Crippen molar-refractivity contribution in [1.82, 2.24) is 15.5 Å². The number of hydrogen-bond acceptors (Lipinski definition) is 4. The van der Waals surface area contributed by atoms with Gasteiger partial charge in [0, 0.05) is 19.6 Å². The molecule has 0 bridgehead atoms. The number of carbonyl (C=O) groups is 2. The first kappa shape index (κ1) is 16.2. The van der Waals surface area contributed by atoms with Crippen LogP contribution in [0.25, 0.3) is 0 Å². The van der Waals surface area contributed by atoms with E-state index in [4.69, 9.17) is 4.74 Å². The molecule has 2 saturated heterocycles. The highest BCUT2D eigenvalue weighted by Gasteiger charge is 2.27. The number of amides is 2. The molecule has 2 unspecified atom stereocenters. The van der Waals surface area contributed by atoms with E-state index in [1.165, 1.54) is 0 Å². The van der Waals surface area contributed by atoms with Crippen molar-refractivity contribution in [1.29, 1.82) is 0 Å². The molecule has 2 amide bonds. The molecule has 0 radical (unpaired) electrons. The van der Waals surface area contributed by atoms with Gasteiger partial charge >= 0.3 is 0 Å². The SMILES string of the molecule is CC(NC(=O)C1CCNC1)C(=O)N1CCOCC1.Cl. The molecule has 2 N–H and O–H groups in total. The van der Waals surface area contributed by atoms with E-state index in [-0.39, 0.29) is 30.1 Å². The Kier molecular flexibility index (Phi) is 6.54. The standard InChI is InChI=1S/C12H21N3O3.ClH/c1-9(12(17)15-4-6-18-7-5-15)14-11(16)10-2-3-13-8-10;/h9-10,13H,2-8H2,1H3,(H,14,16);1H. The number of nitrogens with one attached hydrogen (secondary N) is 2.